The zero-order valence-electron chi connectivity index (χ0n) is 18.7. The van der Waals surface area contributed by atoms with Crippen molar-refractivity contribution in [3.05, 3.63) is 81.3 Å². The molecule has 3 aromatic rings. The Hall–Kier alpha value is -3.39. The largest absolute Gasteiger partial charge is 0.507 e. The number of aromatic hydroxyl groups is 3. The van der Waals surface area contributed by atoms with Crippen LogP contribution in [-0.4, -0.2) is 39.2 Å². The highest BCUT2D eigenvalue weighted by molar-refractivity contribution is 7.98. The van der Waals surface area contributed by atoms with Crippen molar-refractivity contribution >= 4 is 17.7 Å². The number of rotatable bonds is 8. The second-order valence-electron chi connectivity index (χ2n) is 7.72. The summed E-state index contributed by atoms with van der Waals surface area (Å²) in [4.78, 5) is 26.7. The fourth-order valence-electron chi connectivity index (χ4n) is 3.81. The van der Waals surface area contributed by atoms with Gasteiger partial charge in [0.05, 0.1) is 19.1 Å². The SMILES string of the molecule is COC(=O)C[C@@H](c1ccc(SC)cc1)c1c(O)cc(C)n(CCc2ccc(O)c(O)c2)c1=O. The second kappa shape index (κ2) is 10.5. The molecule has 0 bridgehead atoms. The number of carbonyl (C=O) groups is 1. The molecule has 33 heavy (non-hydrogen) atoms. The monoisotopic (exact) mass is 469 g/mol. The first-order chi connectivity index (χ1) is 15.7. The Morgan fingerprint density at radius 3 is 2.33 bits per heavy atom. The Bertz CT molecular complexity index is 1200. The van der Waals surface area contributed by atoms with Crippen molar-refractivity contribution in [3.63, 3.8) is 0 Å². The number of methoxy groups -OCH3 is 1. The molecule has 3 rings (SSSR count). The van der Waals surface area contributed by atoms with Crippen molar-refractivity contribution in [2.45, 2.75) is 37.1 Å². The maximum Gasteiger partial charge on any atom is 0.306 e. The van der Waals surface area contributed by atoms with Crippen molar-refractivity contribution in [3.8, 4) is 17.2 Å². The van der Waals surface area contributed by atoms with Crippen molar-refractivity contribution in [1.82, 2.24) is 4.57 Å². The van der Waals surface area contributed by atoms with Gasteiger partial charge >= 0.3 is 5.97 Å². The molecule has 0 aliphatic rings. The van der Waals surface area contributed by atoms with Crippen LogP contribution >= 0.6 is 11.8 Å². The number of aromatic nitrogens is 1. The summed E-state index contributed by atoms with van der Waals surface area (Å²) in [5.74, 6) is -1.77. The Morgan fingerprint density at radius 2 is 1.73 bits per heavy atom. The van der Waals surface area contributed by atoms with E-state index in [1.807, 2.05) is 30.5 Å². The standard InChI is InChI=1S/C25H27NO6S/c1-15-12-22(29)24(19(14-23(30)32-2)17-5-7-18(33-3)8-6-17)25(31)26(15)11-10-16-4-9-20(27)21(28)13-16/h4-9,12-13,19,27-29H,10-11,14H2,1-3H3/t19-/m0/s1. The molecule has 1 atom stereocenters. The Kier molecular flexibility index (Phi) is 7.71. The zero-order chi connectivity index (χ0) is 24.1. The lowest BCUT2D eigenvalue weighted by Crippen LogP contribution is -2.29. The van der Waals surface area contributed by atoms with Crippen LogP contribution in [0.1, 0.15) is 34.7 Å². The van der Waals surface area contributed by atoms with Crippen LogP contribution in [0.3, 0.4) is 0 Å². The number of phenolic OH excluding ortho intramolecular Hbond substituents is 2. The second-order valence-corrected chi connectivity index (χ2v) is 8.60. The van der Waals surface area contributed by atoms with Crippen molar-refractivity contribution < 1.29 is 24.9 Å². The number of hydrogen-bond donors (Lipinski definition) is 3. The van der Waals surface area contributed by atoms with Gasteiger partial charge in [0.1, 0.15) is 5.75 Å². The minimum Gasteiger partial charge on any atom is -0.507 e. The molecule has 0 fully saturated rings. The van der Waals surface area contributed by atoms with E-state index in [2.05, 4.69) is 0 Å². The highest BCUT2D eigenvalue weighted by Gasteiger charge is 2.26. The van der Waals surface area contributed by atoms with Gasteiger partial charge in [-0.25, -0.2) is 0 Å². The molecule has 2 aromatic carbocycles. The van der Waals surface area contributed by atoms with E-state index in [1.54, 1.807) is 29.3 Å². The molecule has 1 aromatic heterocycles. The van der Waals surface area contributed by atoms with E-state index in [0.717, 1.165) is 16.0 Å². The van der Waals surface area contributed by atoms with E-state index in [-0.39, 0.29) is 29.2 Å². The fraction of sp³-hybridized carbons (Fsp3) is 0.280. The van der Waals surface area contributed by atoms with Gasteiger partial charge in [-0.3, -0.25) is 9.59 Å². The normalized spacial score (nSPS) is 11.8. The summed E-state index contributed by atoms with van der Waals surface area (Å²) in [6, 6.07) is 13.5. The topological polar surface area (TPSA) is 109 Å². The fourth-order valence-corrected chi connectivity index (χ4v) is 4.22. The molecular weight excluding hydrogens is 442 g/mol. The van der Waals surface area contributed by atoms with Crippen LogP contribution in [0.4, 0.5) is 0 Å². The van der Waals surface area contributed by atoms with E-state index in [0.29, 0.717) is 18.7 Å². The van der Waals surface area contributed by atoms with Crippen LogP contribution < -0.4 is 5.56 Å². The predicted octanol–water partition coefficient (Wildman–Crippen LogP) is 3.93. The average Bonchev–Trinajstić information content (AvgIpc) is 2.80. The molecule has 3 N–H and O–H groups in total. The first-order valence-electron chi connectivity index (χ1n) is 10.4. The van der Waals surface area contributed by atoms with Crippen molar-refractivity contribution in [1.29, 1.82) is 0 Å². The van der Waals surface area contributed by atoms with E-state index >= 15 is 0 Å². The van der Waals surface area contributed by atoms with Crippen molar-refractivity contribution in [2.75, 3.05) is 13.4 Å². The lowest BCUT2D eigenvalue weighted by atomic mass is 9.88. The van der Waals surface area contributed by atoms with Crippen LogP contribution in [-0.2, 0) is 22.5 Å². The third-order valence-corrected chi connectivity index (χ3v) is 6.40. The number of benzene rings is 2. The van der Waals surface area contributed by atoms with Crippen molar-refractivity contribution in [2.24, 2.45) is 0 Å². The Morgan fingerprint density at radius 1 is 1.03 bits per heavy atom. The molecule has 0 saturated carbocycles. The quantitative estimate of drug-likeness (QED) is 0.260. The smallest absolute Gasteiger partial charge is 0.306 e. The number of hydrogen-bond acceptors (Lipinski definition) is 7. The van der Waals surface area contributed by atoms with Crippen LogP contribution in [0.2, 0.25) is 0 Å². The van der Waals surface area contributed by atoms with Gasteiger partial charge in [0, 0.05) is 23.1 Å². The summed E-state index contributed by atoms with van der Waals surface area (Å²) in [5.41, 5.74) is 1.78. The Labute approximate surface area is 196 Å². The van der Waals surface area contributed by atoms with Gasteiger partial charge in [-0.2, -0.15) is 0 Å². The van der Waals surface area contributed by atoms with Gasteiger partial charge in [0.25, 0.3) is 5.56 Å². The number of esters is 1. The van der Waals surface area contributed by atoms with Gasteiger partial charge in [-0.15, -0.1) is 11.8 Å². The maximum atomic E-state index is 13.5. The van der Waals surface area contributed by atoms with Gasteiger partial charge in [-0.1, -0.05) is 18.2 Å². The van der Waals surface area contributed by atoms with Crippen LogP contribution in [0.25, 0.3) is 0 Å². The van der Waals surface area contributed by atoms with Crippen LogP contribution in [0.5, 0.6) is 17.2 Å². The maximum absolute atomic E-state index is 13.5. The molecule has 0 aliphatic carbocycles. The first-order valence-corrected chi connectivity index (χ1v) is 11.6. The van der Waals surface area contributed by atoms with E-state index in [9.17, 15) is 24.9 Å². The number of ether oxygens (including phenoxy) is 1. The molecule has 8 heteroatoms. The molecule has 0 unspecified atom stereocenters. The minimum atomic E-state index is -0.676. The van der Waals surface area contributed by atoms with E-state index in [4.69, 9.17) is 4.74 Å². The molecule has 1 heterocycles. The zero-order valence-corrected chi connectivity index (χ0v) is 19.6. The number of carbonyl (C=O) groups excluding carboxylic acids is 1. The van der Waals surface area contributed by atoms with E-state index < -0.39 is 17.4 Å². The third-order valence-electron chi connectivity index (χ3n) is 5.65. The predicted molar refractivity (Wildman–Crippen MR) is 127 cm³/mol. The molecular formula is C25H27NO6S. The van der Waals surface area contributed by atoms with Gasteiger partial charge in [0.2, 0.25) is 0 Å². The molecule has 0 radical (unpaired) electrons. The number of aryl methyl sites for hydroxylation is 2. The summed E-state index contributed by atoms with van der Waals surface area (Å²) in [6.07, 6.45) is 2.29. The number of phenols is 2. The summed E-state index contributed by atoms with van der Waals surface area (Å²) >= 11 is 1.58. The van der Waals surface area contributed by atoms with Gasteiger partial charge in [0.15, 0.2) is 11.5 Å². The van der Waals surface area contributed by atoms with Crippen LogP contribution in [0, 0.1) is 6.92 Å². The third kappa shape index (κ3) is 5.51. The molecule has 0 spiro atoms. The van der Waals surface area contributed by atoms with Gasteiger partial charge < -0.3 is 24.6 Å². The highest BCUT2D eigenvalue weighted by Crippen LogP contribution is 2.33. The number of nitrogens with zero attached hydrogens (tertiary/aromatic N) is 1. The van der Waals surface area contributed by atoms with Crippen LogP contribution in [0.15, 0.2) is 58.2 Å². The van der Waals surface area contributed by atoms with Gasteiger partial charge in [-0.05, 0) is 61.1 Å². The molecule has 0 aliphatic heterocycles. The van der Waals surface area contributed by atoms with E-state index in [1.165, 1.54) is 25.3 Å². The summed E-state index contributed by atoms with van der Waals surface area (Å²) < 4.78 is 6.39. The molecule has 174 valence electrons. The first kappa shape index (κ1) is 24.3. The summed E-state index contributed by atoms with van der Waals surface area (Å²) in [6.45, 7) is 2.01. The summed E-state index contributed by atoms with van der Waals surface area (Å²) in [7, 11) is 1.29. The number of thioether (sulfide) groups is 1. The lowest BCUT2D eigenvalue weighted by Gasteiger charge is -2.21. The molecule has 0 amide bonds. The molecule has 0 saturated heterocycles. The Balaban J connectivity index is 2.03. The highest BCUT2D eigenvalue weighted by atomic mass is 32.2. The minimum absolute atomic E-state index is 0.0905. The summed E-state index contributed by atoms with van der Waals surface area (Å²) in [5, 5.41) is 30.0. The lowest BCUT2D eigenvalue weighted by molar-refractivity contribution is -0.140. The number of pyridine rings is 1. The average molecular weight is 470 g/mol. The molecule has 7 nitrogen and oxygen atoms in total.